The molecule has 18 heavy (non-hydrogen) atoms. The van der Waals surface area contributed by atoms with E-state index in [-0.39, 0.29) is 5.95 Å². The third-order valence-corrected chi connectivity index (χ3v) is 2.16. The molecule has 0 unspecified atom stereocenters. The molecule has 0 bridgehead atoms. The van der Waals surface area contributed by atoms with Crippen molar-refractivity contribution in [2.45, 2.75) is 19.4 Å². The minimum atomic E-state index is -1.08. The Bertz CT molecular complexity index is 504. The lowest BCUT2D eigenvalue weighted by Gasteiger charge is -2.21. The first kappa shape index (κ1) is 14.0. The van der Waals surface area contributed by atoms with Crippen molar-refractivity contribution in [3.63, 3.8) is 0 Å². The minimum Gasteiger partial charge on any atom is -0.346 e. The Hall–Kier alpha value is -2.06. The second-order valence-electron chi connectivity index (χ2n) is 4.71. The Balaban J connectivity index is 3.08. The van der Waals surface area contributed by atoms with E-state index in [9.17, 15) is 14.0 Å². The smallest absolute Gasteiger partial charge is 0.346 e. The van der Waals surface area contributed by atoms with Crippen LogP contribution in [0.5, 0.6) is 0 Å². The lowest BCUT2D eigenvalue weighted by molar-refractivity contribution is 0.218. The fraction of sp³-hybridized carbons (Fsp3) is 0.667. The molecule has 1 heterocycles. The number of hydrogen-bond acceptors (Lipinski definition) is 5. The number of carbonyl (C=O) groups excluding carboxylic acids is 1. The predicted octanol–water partition coefficient (Wildman–Crippen LogP) is -0.870. The number of hydrogen-bond donors (Lipinski definition) is 2. The van der Waals surface area contributed by atoms with Crippen LogP contribution in [0.2, 0.25) is 0 Å². The molecule has 0 radical (unpaired) electrons. The van der Waals surface area contributed by atoms with Gasteiger partial charge in [0.1, 0.15) is 6.67 Å². The first-order chi connectivity index (χ1) is 8.19. The van der Waals surface area contributed by atoms with Gasteiger partial charge in [-0.2, -0.15) is 4.68 Å². The summed E-state index contributed by atoms with van der Waals surface area (Å²) in [4.78, 5) is 24.9. The highest BCUT2D eigenvalue weighted by Crippen LogP contribution is 2.04. The number of nitrogens with two attached hydrogens (primary N) is 1. The Morgan fingerprint density at radius 1 is 1.56 bits per heavy atom. The molecule has 0 aliphatic heterocycles. The van der Waals surface area contributed by atoms with E-state index < -0.39 is 23.9 Å². The molecule has 3 N–H and O–H groups in total. The maximum atomic E-state index is 12.6. The molecule has 1 rings (SSSR count). The fourth-order valence-corrected chi connectivity index (χ4v) is 1.18. The first-order valence-corrected chi connectivity index (χ1v) is 5.22. The van der Waals surface area contributed by atoms with Crippen LogP contribution in [0.1, 0.15) is 13.8 Å². The molecule has 1 amide bonds. The van der Waals surface area contributed by atoms with Crippen molar-refractivity contribution in [2.24, 2.45) is 0 Å². The number of rotatable bonds is 3. The van der Waals surface area contributed by atoms with E-state index in [1.807, 2.05) is 0 Å². The van der Waals surface area contributed by atoms with Gasteiger partial charge in [0.15, 0.2) is 0 Å². The minimum absolute atomic E-state index is 0.119. The number of halogens is 1. The van der Waals surface area contributed by atoms with Crippen molar-refractivity contribution >= 4 is 12.0 Å². The Morgan fingerprint density at radius 3 is 2.50 bits per heavy atom. The van der Waals surface area contributed by atoms with Gasteiger partial charge in [-0.25, -0.2) is 14.0 Å². The van der Waals surface area contributed by atoms with Gasteiger partial charge in [0, 0.05) is 14.1 Å². The zero-order valence-electron chi connectivity index (χ0n) is 10.8. The van der Waals surface area contributed by atoms with E-state index in [1.165, 1.54) is 18.7 Å². The van der Waals surface area contributed by atoms with Gasteiger partial charge in [0.25, 0.3) is 0 Å². The summed E-state index contributed by atoms with van der Waals surface area (Å²) in [6, 6.07) is -0.824. The maximum absolute atomic E-state index is 12.6. The Morgan fingerprint density at radius 2 is 2.11 bits per heavy atom. The highest BCUT2D eigenvalue weighted by molar-refractivity contribution is 5.76. The van der Waals surface area contributed by atoms with Gasteiger partial charge >= 0.3 is 11.7 Å². The second kappa shape index (κ2) is 4.67. The van der Waals surface area contributed by atoms with Gasteiger partial charge in [-0.1, -0.05) is 0 Å². The molecule has 102 valence electrons. The maximum Gasteiger partial charge on any atom is 0.374 e. The lowest BCUT2D eigenvalue weighted by Crippen LogP contribution is -2.50. The second-order valence-corrected chi connectivity index (χ2v) is 4.71. The third kappa shape index (κ3) is 2.60. The van der Waals surface area contributed by atoms with Crippen LogP contribution in [-0.2, 0) is 0 Å². The number of alkyl halides is 1. The lowest BCUT2D eigenvalue weighted by atomic mass is 10.1. The molecule has 0 atom stereocenters. The van der Waals surface area contributed by atoms with Gasteiger partial charge in [-0.15, -0.1) is 9.78 Å². The van der Waals surface area contributed by atoms with Crippen molar-refractivity contribution in [1.82, 2.24) is 19.8 Å². The molecule has 0 aliphatic rings. The van der Waals surface area contributed by atoms with Crippen LogP contribution < -0.4 is 21.7 Å². The van der Waals surface area contributed by atoms with E-state index in [4.69, 9.17) is 5.84 Å². The van der Waals surface area contributed by atoms with Crippen molar-refractivity contribution in [2.75, 3.05) is 31.5 Å². The number of aromatic nitrogens is 3. The standard InChI is InChI=1S/C9H17FN6O2/c1-9(2,5-10)12-7(17)16-8(18)15(11)6(13-16)14(3)4/h5,11H2,1-4H3,(H,12,17). The fourth-order valence-electron chi connectivity index (χ4n) is 1.18. The van der Waals surface area contributed by atoms with Gasteiger partial charge < -0.3 is 16.1 Å². The summed E-state index contributed by atoms with van der Waals surface area (Å²) in [5, 5.41) is 6.10. The number of nitrogens with one attached hydrogen (secondary N) is 1. The first-order valence-electron chi connectivity index (χ1n) is 5.22. The van der Waals surface area contributed by atoms with E-state index in [1.54, 1.807) is 14.1 Å². The number of amides is 1. The molecule has 8 nitrogen and oxygen atoms in total. The highest BCUT2D eigenvalue weighted by Gasteiger charge is 2.24. The van der Waals surface area contributed by atoms with E-state index in [0.717, 1.165) is 4.68 Å². The molecule has 0 aliphatic carbocycles. The Labute approximate surface area is 103 Å². The van der Waals surface area contributed by atoms with E-state index >= 15 is 0 Å². The number of carbonyl (C=O) groups is 1. The van der Waals surface area contributed by atoms with Crippen LogP contribution in [-0.4, -0.2) is 46.8 Å². The van der Waals surface area contributed by atoms with E-state index in [0.29, 0.717) is 4.68 Å². The molecule has 1 aromatic heterocycles. The van der Waals surface area contributed by atoms with Crippen LogP contribution in [0, 0.1) is 0 Å². The van der Waals surface area contributed by atoms with Crippen molar-refractivity contribution in [3.8, 4) is 0 Å². The predicted molar refractivity (Wildman–Crippen MR) is 64.9 cm³/mol. The molecular formula is C9H17FN6O2. The van der Waals surface area contributed by atoms with Gasteiger partial charge in [0.2, 0.25) is 5.95 Å². The normalized spacial score (nSPS) is 11.4. The topological polar surface area (TPSA) is 98.2 Å². The van der Waals surface area contributed by atoms with Gasteiger partial charge in [-0.05, 0) is 13.8 Å². The molecule has 0 fully saturated rings. The summed E-state index contributed by atoms with van der Waals surface area (Å²) >= 11 is 0. The van der Waals surface area contributed by atoms with Gasteiger partial charge in [0.05, 0.1) is 5.54 Å². The summed E-state index contributed by atoms with van der Waals surface area (Å²) in [5.74, 6) is 5.58. The van der Waals surface area contributed by atoms with Crippen LogP contribution in [0.25, 0.3) is 0 Å². The highest BCUT2D eigenvalue weighted by atomic mass is 19.1. The zero-order chi connectivity index (χ0) is 14.1. The van der Waals surface area contributed by atoms with Crippen LogP contribution in [0.3, 0.4) is 0 Å². The Kier molecular flexibility index (Phi) is 3.63. The van der Waals surface area contributed by atoms with E-state index in [2.05, 4.69) is 10.4 Å². The monoisotopic (exact) mass is 260 g/mol. The zero-order valence-corrected chi connectivity index (χ0v) is 10.8. The number of nitrogens with zero attached hydrogens (tertiary/aromatic N) is 4. The summed E-state index contributed by atoms with van der Waals surface area (Å²) in [6.07, 6.45) is 0. The van der Waals surface area contributed by atoms with Crippen molar-refractivity contribution in [1.29, 1.82) is 0 Å². The van der Waals surface area contributed by atoms with Gasteiger partial charge in [-0.3, -0.25) is 0 Å². The summed E-state index contributed by atoms with van der Waals surface area (Å²) < 4.78 is 13.9. The average molecular weight is 260 g/mol. The molecule has 9 heteroatoms. The molecule has 0 aromatic carbocycles. The SMILES string of the molecule is CN(C)c1nn(C(=O)NC(C)(C)CF)c(=O)n1N. The molecule has 0 saturated heterocycles. The largest absolute Gasteiger partial charge is 0.374 e. The molecular weight excluding hydrogens is 243 g/mol. The molecule has 1 aromatic rings. The number of anilines is 1. The molecule has 0 spiro atoms. The van der Waals surface area contributed by atoms with Crippen LogP contribution in [0.4, 0.5) is 15.1 Å². The quantitative estimate of drug-likeness (QED) is 0.688. The number of nitrogen functional groups attached to an aromatic ring is 1. The summed E-state index contributed by atoms with van der Waals surface area (Å²) in [5.41, 5.74) is -1.88. The van der Waals surface area contributed by atoms with Crippen molar-refractivity contribution < 1.29 is 9.18 Å². The molecule has 0 saturated carbocycles. The summed E-state index contributed by atoms with van der Waals surface area (Å²) in [7, 11) is 3.25. The van der Waals surface area contributed by atoms with Crippen LogP contribution >= 0.6 is 0 Å². The van der Waals surface area contributed by atoms with Crippen LogP contribution in [0.15, 0.2) is 4.79 Å². The third-order valence-electron chi connectivity index (χ3n) is 2.16. The van der Waals surface area contributed by atoms with Crippen molar-refractivity contribution in [3.05, 3.63) is 10.5 Å². The average Bonchev–Trinajstić information content (AvgIpc) is 2.56. The summed E-state index contributed by atoms with van der Waals surface area (Å²) in [6.45, 7) is 2.21.